The van der Waals surface area contributed by atoms with Crippen molar-refractivity contribution in [3.63, 3.8) is 0 Å². The molecule has 0 saturated carbocycles. The Kier molecular flexibility index (Phi) is 6.31. The van der Waals surface area contributed by atoms with Crippen molar-refractivity contribution in [1.29, 1.82) is 0 Å². The molecule has 1 atom stereocenters. The van der Waals surface area contributed by atoms with E-state index in [1.54, 1.807) is 14.2 Å². The highest BCUT2D eigenvalue weighted by Gasteiger charge is 2.15. The topological polar surface area (TPSA) is 65.5 Å². The Hall–Kier alpha value is -3.87. The summed E-state index contributed by atoms with van der Waals surface area (Å²) in [4.78, 5) is 9.17. The Morgan fingerprint density at radius 1 is 0.848 bits per heavy atom. The predicted molar refractivity (Wildman–Crippen MR) is 128 cm³/mol. The van der Waals surface area contributed by atoms with E-state index in [2.05, 4.69) is 22.2 Å². The van der Waals surface area contributed by atoms with E-state index in [0.717, 1.165) is 27.6 Å². The molecular weight excluding hydrogens is 421 g/mol. The fourth-order valence-corrected chi connectivity index (χ4v) is 3.81. The fraction of sp³-hybridized carbons (Fsp3) is 0.231. The SMILES string of the molecule is COc1cc(F)cc(-c2cccc([C@@H](C)Nc3nc(C)nc4cc(OC)c(OC)cc34)c2)c1. The molecule has 4 rings (SSSR count). The first kappa shape index (κ1) is 22.3. The van der Waals surface area contributed by atoms with Gasteiger partial charge in [-0.15, -0.1) is 0 Å². The lowest BCUT2D eigenvalue weighted by atomic mass is 9.99. The Morgan fingerprint density at radius 2 is 1.61 bits per heavy atom. The van der Waals surface area contributed by atoms with Crippen LogP contribution in [0.3, 0.4) is 0 Å². The number of nitrogens with one attached hydrogen (secondary N) is 1. The normalized spacial score (nSPS) is 11.8. The molecule has 0 aliphatic carbocycles. The maximum Gasteiger partial charge on any atom is 0.162 e. The van der Waals surface area contributed by atoms with Gasteiger partial charge in [0.05, 0.1) is 26.8 Å². The number of aromatic nitrogens is 2. The first-order valence-electron chi connectivity index (χ1n) is 10.5. The van der Waals surface area contributed by atoms with Gasteiger partial charge >= 0.3 is 0 Å². The van der Waals surface area contributed by atoms with Crippen LogP contribution in [0, 0.1) is 12.7 Å². The van der Waals surface area contributed by atoms with Crippen molar-refractivity contribution in [2.45, 2.75) is 19.9 Å². The van der Waals surface area contributed by atoms with Gasteiger partial charge in [0.25, 0.3) is 0 Å². The number of benzene rings is 3. The summed E-state index contributed by atoms with van der Waals surface area (Å²) in [7, 11) is 4.72. The van der Waals surface area contributed by atoms with Crippen LogP contribution < -0.4 is 19.5 Å². The second-order valence-corrected chi connectivity index (χ2v) is 7.71. The molecule has 0 amide bonds. The van der Waals surface area contributed by atoms with Crippen LogP contribution in [0.25, 0.3) is 22.0 Å². The van der Waals surface area contributed by atoms with Crippen LogP contribution in [0.5, 0.6) is 17.2 Å². The highest BCUT2D eigenvalue weighted by atomic mass is 19.1. The summed E-state index contributed by atoms with van der Waals surface area (Å²) in [5, 5.41) is 4.33. The standard InChI is InChI=1S/C26H26FN3O3/c1-15(17-7-6-8-18(9-17)19-10-20(27)12-21(11-19)31-3)28-26-22-13-24(32-4)25(33-5)14-23(22)29-16(2)30-26/h6-15H,1-5H3,(H,28,29,30)/t15-/m1/s1. The third kappa shape index (κ3) is 4.67. The fourth-order valence-electron chi connectivity index (χ4n) is 3.81. The lowest BCUT2D eigenvalue weighted by Crippen LogP contribution is -2.10. The van der Waals surface area contributed by atoms with E-state index in [-0.39, 0.29) is 11.9 Å². The summed E-state index contributed by atoms with van der Waals surface area (Å²) >= 11 is 0. The Bertz CT molecular complexity index is 1310. The third-order valence-electron chi connectivity index (χ3n) is 5.49. The minimum atomic E-state index is -0.340. The van der Waals surface area contributed by atoms with Gasteiger partial charge in [0.1, 0.15) is 23.2 Å². The molecule has 1 aromatic heterocycles. The van der Waals surface area contributed by atoms with Gasteiger partial charge in [0, 0.05) is 23.6 Å². The Balaban J connectivity index is 1.70. The maximum atomic E-state index is 14.0. The number of fused-ring (bicyclic) bond motifs is 1. The van der Waals surface area contributed by atoms with Gasteiger partial charge in [0.2, 0.25) is 0 Å². The number of anilines is 1. The highest BCUT2D eigenvalue weighted by Crippen LogP contribution is 2.35. The van der Waals surface area contributed by atoms with Crippen LogP contribution in [-0.2, 0) is 0 Å². The number of hydrogen-bond acceptors (Lipinski definition) is 6. The molecule has 0 bridgehead atoms. The van der Waals surface area contributed by atoms with Crippen molar-refractivity contribution in [2.75, 3.05) is 26.6 Å². The van der Waals surface area contributed by atoms with Crippen molar-refractivity contribution >= 4 is 16.7 Å². The number of ether oxygens (including phenoxy) is 3. The van der Waals surface area contributed by atoms with Crippen molar-refractivity contribution in [3.8, 4) is 28.4 Å². The smallest absolute Gasteiger partial charge is 0.162 e. The number of halogens is 1. The molecule has 3 aromatic carbocycles. The third-order valence-corrected chi connectivity index (χ3v) is 5.49. The number of hydrogen-bond donors (Lipinski definition) is 1. The van der Waals surface area contributed by atoms with Crippen LogP contribution in [-0.4, -0.2) is 31.3 Å². The van der Waals surface area contributed by atoms with E-state index < -0.39 is 0 Å². The minimum absolute atomic E-state index is 0.0778. The van der Waals surface area contributed by atoms with Crippen molar-refractivity contribution < 1.29 is 18.6 Å². The number of rotatable bonds is 7. The molecule has 0 fully saturated rings. The second-order valence-electron chi connectivity index (χ2n) is 7.71. The molecule has 4 aromatic rings. The van der Waals surface area contributed by atoms with Crippen LogP contribution in [0.2, 0.25) is 0 Å². The van der Waals surface area contributed by atoms with Gasteiger partial charge in [-0.1, -0.05) is 18.2 Å². The molecule has 0 aliphatic heterocycles. The first-order valence-corrected chi connectivity index (χ1v) is 10.5. The molecule has 6 nitrogen and oxygen atoms in total. The molecule has 0 unspecified atom stereocenters. The van der Waals surface area contributed by atoms with Crippen LogP contribution >= 0.6 is 0 Å². The zero-order valence-electron chi connectivity index (χ0n) is 19.3. The maximum absolute atomic E-state index is 14.0. The lowest BCUT2D eigenvalue weighted by molar-refractivity contribution is 0.356. The van der Waals surface area contributed by atoms with Crippen LogP contribution in [0.15, 0.2) is 54.6 Å². The van der Waals surface area contributed by atoms with E-state index in [9.17, 15) is 4.39 Å². The molecule has 33 heavy (non-hydrogen) atoms. The molecule has 0 aliphatic rings. The summed E-state index contributed by atoms with van der Waals surface area (Å²) in [5.41, 5.74) is 3.44. The molecule has 170 valence electrons. The van der Waals surface area contributed by atoms with Gasteiger partial charge < -0.3 is 19.5 Å². The quantitative estimate of drug-likeness (QED) is 0.378. The monoisotopic (exact) mass is 447 g/mol. The van der Waals surface area contributed by atoms with E-state index in [1.807, 2.05) is 49.4 Å². The summed E-state index contributed by atoms with van der Waals surface area (Å²) in [6.07, 6.45) is 0. The van der Waals surface area contributed by atoms with Crippen LogP contribution in [0.4, 0.5) is 10.2 Å². The molecule has 1 N–H and O–H groups in total. The number of nitrogens with zero attached hydrogens (tertiary/aromatic N) is 2. The number of methoxy groups -OCH3 is 3. The average Bonchev–Trinajstić information content (AvgIpc) is 2.82. The van der Waals surface area contributed by atoms with Gasteiger partial charge in [-0.3, -0.25) is 0 Å². The Labute approximate surface area is 192 Å². The van der Waals surface area contributed by atoms with Crippen molar-refractivity contribution in [2.24, 2.45) is 0 Å². The van der Waals surface area contributed by atoms with Gasteiger partial charge in [-0.25, -0.2) is 14.4 Å². The van der Waals surface area contributed by atoms with E-state index in [4.69, 9.17) is 14.2 Å². The van der Waals surface area contributed by atoms with Crippen molar-refractivity contribution in [3.05, 3.63) is 71.8 Å². The molecule has 0 spiro atoms. The molecule has 0 radical (unpaired) electrons. The molecule has 0 saturated heterocycles. The molecular formula is C26H26FN3O3. The summed E-state index contributed by atoms with van der Waals surface area (Å²) in [6.45, 7) is 3.90. The summed E-state index contributed by atoms with van der Waals surface area (Å²) < 4.78 is 30.1. The van der Waals surface area contributed by atoms with Gasteiger partial charge in [-0.2, -0.15) is 0 Å². The lowest BCUT2D eigenvalue weighted by Gasteiger charge is -2.18. The summed E-state index contributed by atoms with van der Waals surface area (Å²) in [5.74, 6) is 2.70. The number of aryl methyl sites for hydroxylation is 1. The first-order chi connectivity index (χ1) is 15.9. The second kappa shape index (κ2) is 9.32. The highest BCUT2D eigenvalue weighted by molar-refractivity contribution is 5.92. The largest absolute Gasteiger partial charge is 0.497 e. The zero-order valence-corrected chi connectivity index (χ0v) is 19.3. The van der Waals surface area contributed by atoms with E-state index in [0.29, 0.717) is 28.9 Å². The van der Waals surface area contributed by atoms with Crippen molar-refractivity contribution in [1.82, 2.24) is 9.97 Å². The average molecular weight is 448 g/mol. The van der Waals surface area contributed by atoms with Gasteiger partial charge in [-0.05, 0) is 54.8 Å². The molecule has 1 heterocycles. The van der Waals surface area contributed by atoms with E-state index >= 15 is 0 Å². The zero-order chi connectivity index (χ0) is 23.5. The van der Waals surface area contributed by atoms with E-state index in [1.165, 1.54) is 19.2 Å². The van der Waals surface area contributed by atoms with Crippen LogP contribution in [0.1, 0.15) is 24.4 Å². The van der Waals surface area contributed by atoms with Gasteiger partial charge in [0.15, 0.2) is 11.5 Å². The predicted octanol–water partition coefficient (Wildman–Crippen LogP) is 5.94. The Morgan fingerprint density at radius 3 is 2.33 bits per heavy atom. The minimum Gasteiger partial charge on any atom is -0.497 e. The molecule has 7 heteroatoms. The summed E-state index contributed by atoms with van der Waals surface area (Å²) in [6, 6.07) is 16.3.